The minimum Gasteiger partial charge on any atom is -0.369 e. The Balaban J connectivity index is 1.31. The maximum absolute atomic E-state index is 13.0. The van der Waals surface area contributed by atoms with Crippen molar-refractivity contribution in [1.82, 2.24) is 4.90 Å². The van der Waals surface area contributed by atoms with Gasteiger partial charge in [0.2, 0.25) is 0 Å². The third kappa shape index (κ3) is 4.45. The van der Waals surface area contributed by atoms with Crippen molar-refractivity contribution in [2.24, 2.45) is 0 Å². The number of halogens is 1. The number of carbonyl (C=O) groups excluding carboxylic acids is 1. The molecule has 2 heterocycles. The highest BCUT2D eigenvalue weighted by atomic mass is 35.5. The second-order valence-electron chi connectivity index (χ2n) is 7.97. The molecule has 0 saturated carbocycles. The van der Waals surface area contributed by atoms with Crippen LogP contribution in [0.5, 0.6) is 0 Å². The van der Waals surface area contributed by atoms with Crippen molar-refractivity contribution in [2.75, 3.05) is 37.6 Å². The summed E-state index contributed by atoms with van der Waals surface area (Å²) in [5.74, 6) is 0.358. The monoisotopic (exact) mass is 416 g/mol. The molecule has 1 aromatic heterocycles. The van der Waals surface area contributed by atoms with Crippen LogP contribution in [-0.4, -0.2) is 43.4 Å². The molecule has 1 aliphatic heterocycles. The lowest BCUT2D eigenvalue weighted by Gasteiger charge is -2.36. The van der Waals surface area contributed by atoms with E-state index in [4.69, 9.17) is 11.6 Å². The molecule has 0 amide bonds. The molecular formula is C23H29ClN2OS. The average molecular weight is 417 g/mol. The van der Waals surface area contributed by atoms with Gasteiger partial charge in [-0.05, 0) is 62.4 Å². The predicted octanol–water partition coefficient (Wildman–Crippen LogP) is 5.37. The molecule has 4 rings (SSSR count). The van der Waals surface area contributed by atoms with Gasteiger partial charge in [-0.1, -0.05) is 18.0 Å². The summed E-state index contributed by atoms with van der Waals surface area (Å²) in [4.78, 5) is 20.6. The van der Waals surface area contributed by atoms with Gasteiger partial charge in [0.05, 0.1) is 0 Å². The van der Waals surface area contributed by atoms with E-state index in [2.05, 4.69) is 28.9 Å². The molecule has 0 bridgehead atoms. The van der Waals surface area contributed by atoms with Crippen molar-refractivity contribution in [3.63, 3.8) is 0 Å². The SMILES string of the molecule is Cc1sc2c(c1C(=O)CCN1CCN(c3ccc(Cl)cc3)CC1)CCCCC2. The normalized spacial score (nSPS) is 18.0. The lowest BCUT2D eigenvalue weighted by molar-refractivity contribution is 0.0961. The molecule has 28 heavy (non-hydrogen) atoms. The topological polar surface area (TPSA) is 23.6 Å². The van der Waals surface area contributed by atoms with Gasteiger partial charge >= 0.3 is 0 Å². The smallest absolute Gasteiger partial charge is 0.165 e. The van der Waals surface area contributed by atoms with Crippen molar-refractivity contribution in [3.8, 4) is 0 Å². The lowest BCUT2D eigenvalue weighted by Crippen LogP contribution is -2.46. The highest BCUT2D eigenvalue weighted by Crippen LogP contribution is 2.34. The zero-order chi connectivity index (χ0) is 19.5. The first-order valence-electron chi connectivity index (χ1n) is 10.5. The molecule has 2 aromatic rings. The lowest BCUT2D eigenvalue weighted by atomic mass is 9.99. The summed E-state index contributed by atoms with van der Waals surface area (Å²) in [5.41, 5.74) is 3.69. The van der Waals surface area contributed by atoms with Crippen LogP contribution >= 0.6 is 22.9 Å². The number of Topliss-reactive ketones (excluding diaryl/α,β-unsaturated/α-hetero) is 1. The number of piperazine rings is 1. The molecule has 1 aromatic carbocycles. The number of aryl methyl sites for hydroxylation is 2. The quantitative estimate of drug-likeness (QED) is 0.483. The van der Waals surface area contributed by atoms with Crippen molar-refractivity contribution < 1.29 is 4.79 Å². The van der Waals surface area contributed by atoms with Crippen LogP contribution in [0.15, 0.2) is 24.3 Å². The molecule has 1 aliphatic carbocycles. The van der Waals surface area contributed by atoms with Crippen LogP contribution in [0.1, 0.15) is 51.4 Å². The number of ketones is 1. The average Bonchev–Trinajstić information content (AvgIpc) is 2.86. The van der Waals surface area contributed by atoms with Gasteiger partial charge < -0.3 is 4.90 Å². The van der Waals surface area contributed by atoms with Gasteiger partial charge in [0.25, 0.3) is 0 Å². The fourth-order valence-electron chi connectivity index (χ4n) is 4.51. The first-order valence-corrected chi connectivity index (χ1v) is 11.7. The van der Waals surface area contributed by atoms with E-state index < -0.39 is 0 Å². The first kappa shape index (κ1) is 19.9. The van der Waals surface area contributed by atoms with Crippen LogP contribution in [-0.2, 0) is 12.8 Å². The van der Waals surface area contributed by atoms with Crippen molar-refractivity contribution >= 4 is 34.4 Å². The van der Waals surface area contributed by atoms with Crippen LogP contribution in [0.3, 0.4) is 0 Å². The Hall–Kier alpha value is -1.36. The number of nitrogens with zero attached hydrogens (tertiary/aromatic N) is 2. The van der Waals surface area contributed by atoms with Gasteiger partial charge in [-0.2, -0.15) is 0 Å². The van der Waals surface area contributed by atoms with Crippen LogP contribution in [0.4, 0.5) is 5.69 Å². The predicted molar refractivity (Wildman–Crippen MR) is 119 cm³/mol. The van der Waals surface area contributed by atoms with E-state index in [1.165, 1.54) is 46.7 Å². The summed E-state index contributed by atoms with van der Waals surface area (Å²) in [7, 11) is 0. The number of fused-ring (bicyclic) bond motifs is 1. The highest BCUT2D eigenvalue weighted by molar-refractivity contribution is 7.12. The fourth-order valence-corrected chi connectivity index (χ4v) is 5.92. The number of carbonyl (C=O) groups is 1. The number of benzene rings is 1. The second kappa shape index (κ2) is 8.98. The van der Waals surface area contributed by atoms with Gasteiger partial charge in [-0.25, -0.2) is 0 Å². The minimum atomic E-state index is 0.358. The number of rotatable bonds is 5. The van der Waals surface area contributed by atoms with Crippen LogP contribution in [0.2, 0.25) is 5.02 Å². The third-order valence-corrected chi connectivity index (χ3v) is 7.55. The highest BCUT2D eigenvalue weighted by Gasteiger charge is 2.24. The van der Waals surface area contributed by atoms with Crippen LogP contribution in [0, 0.1) is 6.92 Å². The molecule has 0 atom stereocenters. The summed E-state index contributed by atoms with van der Waals surface area (Å²) in [5, 5.41) is 0.780. The summed E-state index contributed by atoms with van der Waals surface area (Å²) in [6.45, 7) is 7.04. The van der Waals surface area contributed by atoms with E-state index >= 15 is 0 Å². The summed E-state index contributed by atoms with van der Waals surface area (Å²) >= 11 is 7.86. The Morgan fingerprint density at radius 3 is 2.50 bits per heavy atom. The van der Waals surface area contributed by atoms with Crippen LogP contribution in [0.25, 0.3) is 0 Å². The largest absolute Gasteiger partial charge is 0.369 e. The Bertz CT molecular complexity index is 822. The van der Waals surface area contributed by atoms with E-state index in [0.29, 0.717) is 12.2 Å². The standard InChI is InChI=1S/C23H29ClN2OS/c1-17-23(20-5-3-2-4-6-22(20)28-17)21(27)11-12-25-13-15-26(16-14-25)19-9-7-18(24)8-10-19/h7-10H,2-6,11-16H2,1H3. The molecule has 0 spiro atoms. The fraction of sp³-hybridized carbons (Fsp3) is 0.522. The summed E-state index contributed by atoms with van der Waals surface area (Å²) in [6, 6.07) is 8.08. The first-order chi connectivity index (χ1) is 13.6. The Morgan fingerprint density at radius 1 is 1.04 bits per heavy atom. The van der Waals surface area contributed by atoms with E-state index in [-0.39, 0.29) is 0 Å². The number of thiophene rings is 1. The van der Waals surface area contributed by atoms with Crippen molar-refractivity contribution in [2.45, 2.75) is 45.4 Å². The Morgan fingerprint density at radius 2 is 1.75 bits per heavy atom. The van der Waals surface area contributed by atoms with E-state index in [9.17, 15) is 4.79 Å². The Kier molecular flexibility index (Phi) is 6.39. The van der Waals surface area contributed by atoms with Gasteiger partial charge in [0.1, 0.15) is 0 Å². The number of anilines is 1. The summed E-state index contributed by atoms with van der Waals surface area (Å²) < 4.78 is 0. The van der Waals surface area contributed by atoms with Crippen LogP contribution < -0.4 is 4.90 Å². The molecule has 3 nitrogen and oxygen atoms in total. The maximum Gasteiger partial charge on any atom is 0.165 e. The molecule has 5 heteroatoms. The molecule has 1 fully saturated rings. The Labute approximate surface area is 177 Å². The molecule has 0 N–H and O–H groups in total. The van der Waals surface area contributed by atoms with Gasteiger partial charge in [-0.3, -0.25) is 9.69 Å². The van der Waals surface area contributed by atoms with Gasteiger partial charge in [0.15, 0.2) is 5.78 Å². The molecule has 150 valence electrons. The molecular weight excluding hydrogens is 388 g/mol. The zero-order valence-electron chi connectivity index (χ0n) is 16.7. The molecule has 0 unspecified atom stereocenters. The van der Waals surface area contributed by atoms with Gasteiger partial charge in [-0.15, -0.1) is 11.3 Å². The maximum atomic E-state index is 13.0. The summed E-state index contributed by atoms with van der Waals surface area (Å²) in [6.07, 6.45) is 6.72. The minimum absolute atomic E-state index is 0.358. The molecule has 1 saturated heterocycles. The number of hydrogen-bond acceptors (Lipinski definition) is 4. The molecule has 0 radical (unpaired) electrons. The molecule has 2 aliphatic rings. The van der Waals surface area contributed by atoms with E-state index in [1.807, 2.05) is 23.5 Å². The van der Waals surface area contributed by atoms with E-state index in [0.717, 1.165) is 49.7 Å². The van der Waals surface area contributed by atoms with E-state index in [1.54, 1.807) is 0 Å². The van der Waals surface area contributed by atoms with Gasteiger partial charge in [0, 0.05) is 65.2 Å². The number of hydrogen-bond donors (Lipinski definition) is 0. The van der Waals surface area contributed by atoms with Crippen molar-refractivity contribution in [1.29, 1.82) is 0 Å². The second-order valence-corrected chi connectivity index (χ2v) is 9.72. The zero-order valence-corrected chi connectivity index (χ0v) is 18.2. The van der Waals surface area contributed by atoms with Crippen molar-refractivity contribution in [3.05, 3.63) is 50.2 Å². The third-order valence-electron chi connectivity index (χ3n) is 6.10.